The number of thiazole rings is 1. The second kappa shape index (κ2) is 5.43. The highest BCUT2D eigenvalue weighted by Gasteiger charge is 2.11. The normalized spacial score (nSPS) is 11.6. The van der Waals surface area contributed by atoms with Crippen LogP contribution in [0.1, 0.15) is 11.5 Å². The van der Waals surface area contributed by atoms with Crippen molar-refractivity contribution in [2.75, 3.05) is 7.05 Å². The van der Waals surface area contributed by atoms with Gasteiger partial charge in [-0.25, -0.2) is 15.0 Å². The Morgan fingerprint density at radius 1 is 1.35 bits per heavy atom. The van der Waals surface area contributed by atoms with Crippen LogP contribution in [0.5, 0.6) is 0 Å². The Labute approximate surface area is 125 Å². The minimum Gasteiger partial charge on any atom is -0.293 e. The Kier molecular flexibility index (Phi) is 3.64. The van der Waals surface area contributed by atoms with E-state index in [2.05, 4.69) is 25.0 Å². The molecule has 0 atom stereocenters. The van der Waals surface area contributed by atoms with E-state index in [1.807, 2.05) is 25.0 Å². The molecule has 3 heterocycles. The molecule has 20 heavy (non-hydrogen) atoms. The fourth-order valence-electron chi connectivity index (χ4n) is 1.99. The predicted molar refractivity (Wildman–Crippen MR) is 78.6 cm³/mol. The highest BCUT2D eigenvalue weighted by molar-refractivity contribution is 7.07. The molecule has 0 fully saturated rings. The monoisotopic (exact) mass is 308 g/mol. The minimum absolute atomic E-state index is 0.445. The van der Waals surface area contributed by atoms with E-state index < -0.39 is 0 Å². The summed E-state index contributed by atoms with van der Waals surface area (Å²) in [5.74, 6) is 0.684. The lowest BCUT2D eigenvalue weighted by Crippen LogP contribution is -2.19. The van der Waals surface area contributed by atoms with Crippen molar-refractivity contribution in [1.82, 2.24) is 29.6 Å². The largest absolute Gasteiger partial charge is 0.293 e. The summed E-state index contributed by atoms with van der Waals surface area (Å²) in [4.78, 5) is 15.2. The Morgan fingerprint density at radius 3 is 2.95 bits per heavy atom. The van der Waals surface area contributed by atoms with Gasteiger partial charge < -0.3 is 0 Å². The molecule has 0 aliphatic carbocycles. The molecule has 0 saturated carbocycles. The van der Waals surface area contributed by atoms with E-state index in [0.29, 0.717) is 17.5 Å². The zero-order valence-corrected chi connectivity index (χ0v) is 12.7. The van der Waals surface area contributed by atoms with Crippen molar-refractivity contribution in [3.63, 3.8) is 0 Å². The molecule has 0 unspecified atom stereocenters. The molecule has 8 heteroatoms. The molecule has 0 aliphatic rings. The molecule has 0 amide bonds. The molecular formula is C12H13ClN6S. The van der Waals surface area contributed by atoms with Gasteiger partial charge in [-0.15, -0.1) is 11.3 Å². The summed E-state index contributed by atoms with van der Waals surface area (Å²) in [6.45, 7) is 1.37. The second-order valence-corrected chi connectivity index (χ2v) is 5.66. The van der Waals surface area contributed by atoms with Gasteiger partial charge in [0.15, 0.2) is 5.65 Å². The maximum Gasteiger partial charge on any atom is 0.162 e. The van der Waals surface area contributed by atoms with Crippen molar-refractivity contribution in [2.24, 2.45) is 7.05 Å². The van der Waals surface area contributed by atoms with Gasteiger partial charge in [0.2, 0.25) is 0 Å². The van der Waals surface area contributed by atoms with Crippen molar-refractivity contribution in [1.29, 1.82) is 0 Å². The van der Waals surface area contributed by atoms with E-state index >= 15 is 0 Å². The molecule has 0 spiro atoms. The van der Waals surface area contributed by atoms with Crippen LogP contribution in [-0.4, -0.2) is 36.7 Å². The maximum absolute atomic E-state index is 6.17. The molecule has 3 rings (SSSR count). The van der Waals surface area contributed by atoms with E-state index in [9.17, 15) is 0 Å². The van der Waals surface area contributed by atoms with Crippen molar-refractivity contribution < 1.29 is 0 Å². The highest BCUT2D eigenvalue weighted by atomic mass is 35.5. The van der Waals surface area contributed by atoms with Crippen LogP contribution >= 0.6 is 22.9 Å². The second-order valence-electron chi connectivity index (χ2n) is 4.59. The summed E-state index contributed by atoms with van der Waals surface area (Å²) in [6, 6.07) is 0. The Balaban J connectivity index is 1.81. The zero-order valence-electron chi connectivity index (χ0n) is 11.1. The Bertz CT molecular complexity index is 723. The molecule has 3 aromatic rings. The Hall–Kier alpha value is -1.57. The lowest BCUT2D eigenvalue weighted by molar-refractivity contribution is 0.308. The molecule has 6 nitrogen and oxygen atoms in total. The third-order valence-electron chi connectivity index (χ3n) is 2.92. The summed E-state index contributed by atoms with van der Waals surface area (Å²) in [5, 5.41) is 7.40. The van der Waals surface area contributed by atoms with Gasteiger partial charge in [-0.2, -0.15) is 5.10 Å². The maximum atomic E-state index is 6.17. The van der Waals surface area contributed by atoms with Crippen LogP contribution in [0, 0.1) is 0 Å². The van der Waals surface area contributed by atoms with Gasteiger partial charge in [0.25, 0.3) is 0 Å². The zero-order chi connectivity index (χ0) is 14.1. The van der Waals surface area contributed by atoms with E-state index in [1.54, 1.807) is 22.2 Å². The number of hydrogen-bond donors (Lipinski definition) is 0. The van der Waals surface area contributed by atoms with Crippen molar-refractivity contribution in [2.45, 2.75) is 13.1 Å². The number of hydrogen-bond acceptors (Lipinski definition) is 6. The highest BCUT2D eigenvalue weighted by Crippen LogP contribution is 2.19. The van der Waals surface area contributed by atoms with Gasteiger partial charge >= 0.3 is 0 Å². The lowest BCUT2D eigenvalue weighted by Gasteiger charge is -2.14. The molecule has 0 radical (unpaired) electrons. The van der Waals surface area contributed by atoms with Crippen LogP contribution in [0.3, 0.4) is 0 Å². The average Bonchev–Trinajstić information content (AvgIpc) is 3.00. The summed E-state index contributed by atoms with van der Waals surface area (Å²) >= 11 is 7.76. The van der Waals surface area contributed by atoms with E-state index in [-0.39, 0.29) is 0 Å². The number of aryl methyl sites for hydroxylation is 1. The van der Waals surface area contributed by atoms with Crippen LogP contribution in [0.4, 0.5) is 0 Å². The van der Waals surface area contributed by atoms with Crippen LogP contribution in [0.25, 0.3) is 11.0 Å². The van der Waals surface area contributed by atoms with Gasteiger partial charge in [0, 0.05) is 19.0 Å². The fraction of sp³-hybridized carbons (Fsp3) is 0.333. The quantitative estimate of drug-likeness (QED) is 0.691. The number of rotatable bonds is 4. The van der Waals surface area contributed by atoms with Crippen molar-refractivity contribution >= 4 is 34.0 Å². The smallest absolute Gasteiger partial charge is 0.162 e. The van der Waals surface area contributed by atoms with Gasteiger partial charge in [0.1, 0.15) is 11.0 Å². The molecule has 0 bridgehead atoms. The van der Waals surface area contributed by atoms with Gasteiger partial charge in [-0.3, -0.25) is 9.58 Å². The van der Waals surface area contributed by atoms with Crippen molar-refractivity contribution in [3.8, 4) is 0 Å². The van der Waals surface area contributed by atoms with Gasteiger partial charge in [0.05, 0.1) is 29.3 Å². The van der Waals surface area contributed by atoms with Gasteiger partial charge in [-0.1, -0.05) is 11.6 Å². The Morgan fingerprint density at radius 2 is 2.20 bits per heavy atom. The van der Waals surface area contributed by atoms with Crippen LogP contribution in [0.15, 0.2) is 17.1 Å². The predicted octanol–water partition coefficient (Wildman–Crippen LogP) is 2.11. The van der Waals surface area contributed by atoms with E-state index in [0.717, 1.165) is 23.3 Å². The molecule has 3 aromatic heterocycles. The molecule has 0 aliphatic heterocycles. The van der Waals surface area contributed by atoms with E-state index in [4.69, 9.17) is 11.6 Å². The first-order chi connectivity index (χ1) is 9.63. The van der Waals surface area contributed by atoms with Gasteiger partial charge in [-0.05, 0) is 7.05 Å². The van der Waals surface area contributed by atoms with Crippen LogP contribution in [-0.2, 0) is 20.1 Å². The first-order valence-electron chi connectivity index (χ1n) is 6.03. The fourth-order valence-corrected chi connectivity index (χ4v) is 2.77. The first-order valence-corrected chi connectivity index (χ1v) is 7.35. The van der Waals surface area contributed by atoms with Crippen LogP contribution < -0.4 is 0 Å². The minimum atomic E-state index is 0.445. The third-order valence-corrected chi connectivity index (χ3v) is 3.84. The SMILES string of the molecule is CN(Cc1cscn1)Cc1nc(Cl)c2cnn(C)c2n1. The number of fused-ring (bicyclic) bond motifs is 1. The van der Waals surface area contributed by atoms with Crippen molar-refractivity contribution in [3.05, 3.63) is 33.8 Å². The average molecular weight is 309 g/mol. The lowest BCUT2D eigenvalue weighted by atomic mass is 10.4. The molecule has 0 saturated heterocycles. The van der Waals surface area contributed by atoms with E-state index in [1.165, 1.54) is 0 Å². The third kappa shape index (κ3) is 2.65. The molecule has 104 valence electrons. The summed E-state index contributed by atoms with van der Waals surface area (Å²) in [7, 11) is 3.85. The molecule has 0 aromatic carbocycles. The summed E-state index contributed by atoms with van der Waals surface area (Å²) < 4.78 is 1.70. The number of aromatic nitrogens is 5. The van der Waals surface area contributed by atoms with Crippen LogP contribution in [0.2, 0.25) is 5.15 Å². The number of nitrogens with zero attached hydrogens (tertiary/aromatic N) is 6. The summed E-state index contributed by atoms with van der Waals surface area (Å²) in [6.07, 6.45) is 1.68. The summed E-state index contributed by atoms with van der Waals surface area (Å²) in [5.41, 5.74) is 3.63. The molecule has 0 N–H and O–H groups in total. The molecular weight excluding hydrogens is 296 g/mol. The standard InChI is InChI=1S/C12H13ClN6S/c1-18(4-8-6-20-7-14-8)5-10-16-11(13)9-3-15-19(2)12(9)17-10/h3,6-7H,4-5H2,1-2H3. The topological polar surface area (TPSA) is 59.7 Å². The first kappa shape index (κ1) is 13.4. The number of halogens is 1.